The van der Waals surface area contributed by atoms with Crippen LogP contribution in [0, 0.1) is 0 Å². The molecule has 5 heteroatoms. The minimum atomic E-state index is -0.0736. The third-order valence-corrected chi connectivity index (χ3v) is 3.16. The average molecular weight is 333 g/mol. The van der Waals surface area contributed by atoms with E-state index in [0.29, 0.717) is 16.6 Å². The van der Waals surface area contributed by atoms with E-state index in [1.54, 1.807) is 29.0 Å². The molecular formula is C12H8BrCl2NO. The molecule has 0 saturated heterocycles. The Morgan fingerprint density at radius 2 is 1.76 bits per heavy atom. The largest absolute Gasteiger partial charge is 0.311 e. The van der Waals surface area contributed by atoms with E-state index in [1.165, 1.54) is 6.07 Å². The zero-order chi connectivity index (χ0) is 12.4. The van der Waals surface area contributed by atoms with Crippen LogP contribution in [-0.2, 0) is 6.54 Å². The Balaban J connectivity index is 2.34. The van der Waals surface area contributed by atoms with Gasteiger partial charge in [0.1, 0.15) is 0 Å². The second-order valence-corrected chi connectivity index (χ2v) is 5.38. The van der Waals surface area contributed by atoms with Gasteiger partial charge >= 0.3 is 0 Å². The molecule has 0 spiro atoms. The summed E-state index contributed by atoms with van der Waals surface area (Å²) in [7, 11) is 0. The number of hydrogen-bond acceptors (Lipinski definition) is 1. The van der Waals surface area contributed by atoms with Crippen molar-refractivity contribution in [3.63, 3.8) is 0 Å². The molecule has 0 atom stereocenters. The van der Waals surface area contributed by atoms with Crippen molar-refractivity contribution in [3.05, 3.63) is 67.0 Å². The summed E-state index contributed by atoms with van der Waals surface area (Å²) in [4.78, 5) is 11.7. The zero-order valence-corrected chi connectivity index (χ0v) is 11.8. The molecule has 2 aromatic rings. The van der Waals surface area contributed by atoms with E-state index in [9.17, 15) is 4.79 Å². The van der Waals surface area contributed by atoms with Gasteiger partial charge in [-0.25, -0.2) is 0 Å². The number of rotatable bonds is 2. The van der Waals surface area contributed by atoms with Gasteiger partial charge in [0.15, 0.2) is 0 Å². The number of aromatic nitrogens is 1. The maximum absolute atomic E-state index is 11.7. The normalized spacial score (nSPS) is 10.5. The van der Waals surface area contributed by atoms with Gasteiger partial charge in [0.25, 0.3) is 5.56 Å². The van der Waals surface area contributed by atoms with Crippen LogP contribution in [0.15, 0.2) is 45.8 Å². The highest BCUT2D eigenvalue weighted by atomic mass is 79.9. The number of halogens is 3. The Morgan fingerprint density at radius 1 is 1.12 bits per heavy atom. The SMILES string of the molecule is O=c1cc(Br)ccn1Cc1cc(Cl)cc(Cl)c1. The summed E-state index contributed by atoms with van der Waals surface area (Å²) in [6.45, 7) is 0.451. The van der Waals surface area contributed by atoms with Crippen LogP contribution in [0.1, 0.15) is 5.56 Å². The first-order chi connectivity index (χ1) is 8.04. The summed E-state index contributed by atoms with van der Waals surface area (Å²) in [6, 6.07) is 8.58. The summed E-state index contributed by atoms with van der Waals surface area (Å²) < 4.78 is 2.36. The first-order valence-electron chi connectivity index (χ1n) is 4.85. The third kappa shape index (κ3) is 3.35. The summed E-state index contributed by atoms with van der Waals surface area (Å²) in [5, 5.41) is 1.13. The molecule has 1 heterocycles. The fourth-order valence-corrected chi connectivity index (χ4v) is 2.40. The van der Waals surface area contributed by atoms with E-state index in [2.05, 4.69) is 15.9 Å². The van der Waals surface area contributed by atoms with Crippen LogP contribution >= 0.6 is 39.1 Å². The van der Waals surface area contributed by atoms with Crippen molar-refractivity contribution < 1.29 is 0 Å². The van der Waals surface area contributed by atoms with E-state index < -0.39 is 0 Å². The first kappa shape index (κ1) is 12.7. The fourth-order valence-electron chi connectivity index (χ4n) is 1.51. The summed E-state index contributed by atoms with van der Waals surface area (Å²) in [5.74, 6) is 0. The molecule has 1 aromatic heterocycles. The van der Waals surface area contributed by atoms with Gasteiger partial charge in [-0.15, -0.1) is 0 Å². The summed E-state index contributed by atoms with van der Waals surface area (Å²) in [5.41, 5.74) is 0.822. The van der Waals surface area contributed by atoms with Crippen LogP contribution in [0.2, 0.25) is 10.0 Å². The summed E-state index contributed by atoms with van der Waals surface area (Å²) >= 11 is 15.1. The number of nitrogens with zero attached hydrogens (tertiary/aromatic N) is 1. The van der Waals surface area contributed by atoms with Crippen molar-refractivity contribution in [2.45, 2.75) is 6.54 Å². The Hall–Kier alpha value is -0.770. The van der Waals surface area contributed by atoms with E-state index in [-0.39, 0.29) is 5.56 Å². The predicted octanol–water partition coefficient (Wildman–Crippen LogP) is 3.97. The minimum absolute atomic E-state index is 0.0736. The van der Waals surface area contributed by atoms with Crippen molar-refractivity contribution in [1.29, 1.82) is 0 Å². The fraction of sp³-hybridized carbons (Fsp3) is 0.0833. The van der Waals surface area contributed by atoms with Crippen LogP contribution in [0.3, 0.4) is 0 Å². The lowest BCUT2D eigenvalue weighted by atomic mass is 10.2. The summed E-state index contributed by atoms with van der Waals surface area (Å²) in [6.07, 6.45) is 1.72. The Labute approximate surface area is 117 Å². The lowest BCUT2D eigenvalue weighted by Gasteiger charge is -2.06. The topological polar surface area (TPSA) is 22.0 Å². The quantitative estimate of drug-likeness (QED) is 0.815. The molecule has 17 heavy (non-hydrogen) atoms. The molecule has 0 bridgehead atoms. The lowest BCUT2D eigenvalue weighted by Crippen LogP contribution is -2.18. The highest BCUT2D eigenvalue weighted by Gasteiger charge is 2.01. The van der Waals surface area contributed by atoms with Gasteiger partial charge in [-0.1, -0.05) is 39.1 Å². The van der Waals surface area contributed by atoms with E-state index >= 15 is 0 Å². The van der Waals surface area contributed by atoms with Crippen molar-refractivity contribution in [2.75, 3.05) is 0 Å². The maximum atomic E-state index is 11.7. The van der Waals surface area contributed by atoms with Crippen LogP contribution in [-0.4, -0.2) is 4.57 Å². The molecule has 88 valence electrons. The maximum Gasteiger partial charge on any atom is 0.251 e. The second-order valence-electron chi connectivity index (χ2n) is 3.59. The number of benzene rings is 1. The van der Waals surface area contributed by atoms with Crippen molar-refractivity contribution in [1.82, 2.24) is 4.57 Å². The Morgan fingerprint density at radius 3 is 2.35 bits per heavy atom. The van der Waals surface area contributed by atoms with Gasteiger partial charge in [-0.2, -0.15) is 0 Å². The highest BCUT2D eigenvalue weighted by molar-refractivity contribution is 9.10. The molecule has 0 aliphatic carbocycles. The van der Waals surface area contributed by atoms with Crippen molar-refractivity contribution in [2.24, 2.45) is 0 Å². The van der Waals surface area contributed by atoms with Crippen LogP contribution < -0.4 is 5.56 Å². The molecule has 2 nitrogen and oxygen atoms in total. The molecule has 2 rings (SSSR count). The van der Waals surface area contributed by atoms with Crippen LogP contribution in [0.4, 0.5) is 0 Å². The molecular weight excluding hydrogens is 325 g/mol. The van der Waals surface area contributed by atoms with Gasteiger partial charge in [0.05, 0.1) is 6.54 Å². The molecule has 0 radical (unpaired) electrons. The third-order valence-electron chi connectivity index (χ3n) is 2.23. The van der Waals surface area contributed by atoms with Gasteiger partial charge in [0.2, 0.25) is 0 Å². The molecule has 0 saturated carbocycles. The second kappa shape index (κ2) is 5.25. The molecule has 0 fully saturated rings. The minimum Gasteiger partial charge on any atom is -0.311 e. The van der Waals surface area contributed by atoms with Crippen molar-refractivity contribution in [3.8, 4) is 0 Å². The van der Waals surface area contributed by atoms with Gasteiger partial charge < -0.3 is 4.57 Å². The molecule has 1 aromatic carbocycles. The van der Waals surface area contributed by atoms with E-state index in [1.807, 2.05) is 6.07 Å². The Bertz CT molecular complexity index is 589. The number of pyridine rings is 1. The van der Waals surface area contributed by atoms with E-state index in [0.717, 1.165) is 10.0 Å². The first-order valence-corrected chi connectivity index (χ1v) is 6.40. The van der Waals surface area contributed by atoms with Crippen molar-refractivity contribution >= 4 is 39.1 Å². The monoisotopic (exact) mass is 331 g/mol. The zero-order valence-electron chi connectivity index (χ0n) is 8.66. The van der Waals surface area contributed by atoms with Crippen LogP contribution in [0.25, 0.3) is 0 Å². The smallest absolute Gasteiger partial charge is 0.251 e. The highest BCUT2D eigenvalue weighted by Crippen LogP contribution is 2.19. The molecule has 0 unspecified atom stereocenters. The van der Waals surface area contributed by atoms with Crippen LogP contribution in [0.5, 0.6) is 0 Å². The van der Waals surface area contributed by atoms with Gasteiger partial charge in [-0.05, 0) is 29.8 Å². The predicted molar refractivity (Wildman–Crippen MR) is 74.0 cm³/mol. The van der Waals surface area contributed by atoms with E-state index in [4.69, 9.17) is 23.2 Å². The lowest BCUT2D eigenvalue weighted by molar-refractivity contribution is 0.758. The standard InChI is InChI=1S/C12H8BrCl2NO/c13-9-1-2-16(12(17)5-9)7-8-3-10(14)6-11(15)4-8/h1-6H,7H2. The Kier molecular flexibility index (Phi) is 3.92. The number of hydrogen-bond donors (Lipinski definition) is 0. The molecule has 0 aliphatic rings. The molecule has 0 amide bonds. The average Bonchev–Trinajstić information content (AvgIpc) is 2.21. The molecule has 0 aliphatic heterocycles. The molecule has 0 N–H and O–H groups in total. The van der Waals surface area contributed by atoms with Gasteiger partial charge in [0, 0.05) is 26.8 Å². The van der Waals surface area contributed by atoms with Gasteiger partial charge in [-0.3, -0.25) is 4.79 Å².